The predicted molar refractivity (Wildman–Crippen MR) is 85.3 cm³/mol. The molecule has 0 fully saturated rings. The Morgan fingerprint density at radius 3 is 2.64 bits per heavy atom. The molecule has 2 amide bonds. The number of primary amides is 1. The Labute approximate surface area is 133 Å². The number of nitrogens with two attached hydrogens (primary N) is 1. The number of halogens is 1. The van der Waals surface area contributed by atoms with E-state index in [9.17, 15) is 9.59 Å². The number of rotatable bonds is 5. The first kappa shape index (κ1) is 15.9. The quantitative estimate of drug-likeness (QED) is 0.889. The minimum absolute atomic E-state index is 0.139. The number of carbonyl (C=O) groups excluding carboxylic acids is 2. The fourth-order valence-electron chi connectivity index (χ4n) is 1.85. The third kappa shape index (κ3) is 3.99. The van der Waals surface area contributed by atoms with Crippen molar-refractivity contribution < 1.29 is 14.3 Å². The second-order valence-corrected chi connectivity index (χ2v) is 5.07. The average Bonchev–Trinajstić information content (AvgIpc) is 2.48. The maximum absolute atomic E-state index is 11.9. The second kappa shape index (κ2) is 6.95. The minimum atomic E-state index is -0.655. The summed E-state index contributed by atoms with van der Waals surface area (Å²) in [5.74, 6) is -0.357. The molecule has 2 rings (SSSR count). The van der Waals surface area contributed by atoms with Crippen molar-refractivity contribution in [2.24, 2.45) is 5.73 Å². The summed E-state index contributed by atoms with van der Waals surface area (Å²) in [5.41, 5.74) is 6.73. The third-order valence-electron chi connectivity index (χ3n) is 2.97. The summed E-state index contributed by atoms with van der Waals surface area (Å²) in [7, 11) is 0. The Morgan fingerprint density at radius 1 is 1.23 bits per heavy atom. The van der Waals surface area contributed by atoms with Crippen molar-refractivity contribution in [3.8, 4) is 5.75 Å². The monoisotopic (exact) mass is 318 g/mol. The van der Waals surface area contributed by atoms with E-state index in [1.165, 1.54) is 12.1 Å². The van der Waals surface area contributed by atoms with E-state index in [1.807, 2.05) is 25.1 Å². The first-order valence-electron chi connectivity index (χ1n) is 6.55. The van der Waals surface area contributed by atoms with Gasteiger partial charge in [0.15, 0.2) is 6.61 Å². The molecule has 0 heterocycles. The summed E-state index contributed by atoms with van der Waals surface area (Å²) in [5, 5.41) is 2.86. The summed E-state index contributed by atoms with van der Waals surface area (Å²) < 4.78 is 5.44. The number of para-hydroxylation sites is 1. The van der Waals surface area contributed by atoms with E-state index in [4.69, 9.17) is 22.1 Å². The van der Waals surface area contributed by atoms with E-state index in [1.54, 1.807) is 12.1 Å². The van der Waals surface area contributed by atoms with Crippen LogP contribution in [-0.2, 0) is 4.79 Å². The first-order valence-corrected chi connectivity index (χ1v) is 6.93. The van der Waals surface area contributed by atoms with E-state index in [0.29, 0.717) is 11.4 Å². The molecule has 0 aliphatic rings. The molecule has 0 saturated heterocycles. The molecule has 2 aromatic rings. The Hall–Kier alpha value is -2.53. The van der Waals surface area contributed by atoms with Crippen LogP contribution in [0.2, 0.25) is 5.02 Å². The Balaban J connectivity index is 1.99. The highest BCUT2D eigenvalue weighted by atomic mass is 35.5. The minimum Gasteiger partial charge on any atom is -0.483 e. The van der Waals surface area contributed by atoms with Crippen LogP contribution in [0.4, 0.5) is 5.69 Å². The molecule has 0 atom stereocenters. The van der Waals surface area contributed by atoms with Crippen molar-refractivity contribution in [1.29, 1.82) is 0 Å². The van der Waals surface area contributed by atoms with E-state index in [2.05, 4.69) is 5.32 Å². The third-order valence-corrected chi connectivity index (χ3v) is 3.30. The van der Waals surface area contributed by atoms with Crippen LogP contribution >= 0.6 is 11.6 Å². The lowest BCUT2D eigenvalue weighted by Gasteiger charge is -2.10. The number of aryl methyl sites for hydroxylation is 1. The normalized spacial score (nSPS) is 10.1. The number of ether oxygens (including phenoxy) is 1. The second-order valence-electron chi connectivity index (χ2n) is 4.66. The number of hydrogen-bond acceptors (Lipinski definition) is 3. The molecule has 6 heteroatoms. The van der Waals surface area contributed by atoms with Gasteiger partial charge in [0.25, 0.3) is 5.91 Å². The smallest absolute Gasteiger partial charge is 0.262 e. The highest BCUT2D eigenvalue weighted by Crippen LogP contribution is 2.20. The molecule has 5 nitrogen and oxygen atoms in total. The molecule has 0 unspecified atom stereocenters. The van der Waals surface area contributed by atoms with Gasteiger partial charge >= 0.3 is 0 Å². The van der Waals surface area contributed by atoms with E-state index in [-0.39, 0.29) is 23.1 Å². The summed E-state index contributed by atoms with van der Waals surface area (Å²) >= 11 is 5.85. The standard InChI is InChI=1S/C16H15ClN2O3/c1-10-4-2-3-5-14(10)22-9-15(20)19-11-6-7-13(17)12(8-11)16(18)21/h2-8H,9H2,1H3,(H2,18,21)(H,19,20). The topological polar surface area (TPSA) is 81.4 Å². The largest absolute Gasteiger partial charge is 0.483 e. The van der Waals surface area contributed by atoms with Gasteiger partial charge < -0.3 is 15.8 Å². The van der Waals surface area contributed by atoms with Crippen LogP contribution in [0.15, 0.2) is 42.5 Å². The molecule has 114 valence electrons. The van der Waals surface area contributed by atoms with Crippen molar-refractivity contribution in [3.05, 3.63) is 58.6 Å². The lowest BCUT2D eigenvalue weighted by molar-refractivity contribution is -0.118. The van der Waals surface area contributed by atoms with Crippen molar-refractivity contribution in [3.63, 3.8) is 0 Å². The van der Waals surface area contributed by atoms with Gasteiger partial charge in [-0.3, -0.25) is 9.59 Å². The van der Waals surface area contributed by atoms with Crippen molar-refractivity contribution in [2.45, 2.75) is 6.92 Å². The Morgan fingerprint density at radius 2 is 1.95 bits per heavy atom. The fourth-order valence-corrected chi connectivity index (χ4v) is 2.06. The molecule has 0 radical (unpaired) electrons. The van der Waals surface area contributed by atoms with E-state index >= 15 is 0 Å². The van der Waals surface area contributed by atoms with Crippen LogP contribution in [-0.4, -0.2) is 18.4 Å². The van der Waals surface area contributed by atoms with E-state index < -0.39 is 5.91 Å². The number of anilines is 1. The molecule has 0 aliphatic heterocycles. The molecule has 22 heavy (non-hydrogen) atoms. The first-order chi connectivity index (χ1) is 10.5. The predicted octanol–water partition coefficient (Wildman–Crippen LogP) is 2.76. The summed E-state index contributed by atoms with van der Waals surface area (Å²) in [6.45, 7) is 1.75. The highest BCUT2D eigenvalue weighted by molar-refractivity contribution is 6.33. The van der Waals surface area contributed by atoms with Crippen LogP contribution in [0.3, 0.4) is 0 Å². The van der Waals surface area contributed by atoms with Gasteiger partial charge in [-0.2, -0.15) is 0 Å². The lowest BCUT2D eigenvalue weighted by Crippen LogP contribution is -2.21. The van der Waals surface area contributed by atoms with Crippen LogP contribution in [0.1, 0.15) is 15.9 Å². The molecule has 0 aliphatic carbocycles. The zero-order valence-electron chi connectivity index (χ0n) is 11.9. The van der Waals surface area contributed by atoms with Crippen molar-refractivity contribution in [1.82, 2.24) is 0 Å². The number of nitrogens with one attached hydrogen (secondary N) is 1. The maximum atomic E-state index is 11.9. The molecule has 0 aromatic heterocycles. The van der Waals surface area contributed by atoms with Crippen LogP contribution in [0, 0.1) is 6.92 Å². The van der Waals surface area contributed by atoms with Gasteiger partial charge in [-0.25, -0.2) is 0 Å². The van der Waals surface area contributed by atoms with Crippen LogP contribution in [0.25, 0.3) is 0 Å². The van der Waals surface area contributed by atoms with Gasteiger partial charge in [0.05, 0.1) is 10.6 Å². The Kier molecular flexibility index (Phi) is 5.01. The van der Waals surface area contributed by atoms with Crippen LogP contribution < -0.4 is 15.8 Å². The number of carbonyl (C=O) groups is 2. The van der Waals surface area contributed by atoms with Gasteiger partial charge in [-0.1, -0.05) is 29.8 Å². The van der Waals surface area contributed by atoms with Crippen molar-refractivity contribution >= 4 is 29.1 Å². The zero-order valence-corrected chi connectivity index (χ0v) is 12.7. The molecular weight excluding hydrogens is 304 g/mol. The molecule has 0 bridgehead atoms. The van der Waals surface area contributed by atoms with Gasteiger partial charge in [-0.05, 0) is 36.8 Å². The Bertz CT molecular complexity index is 716. The number of amides is 2. The van der Waals surface area contributed by atoms with Crippen LogP contribution in [0.5, 0.6) is 5.75 Å². The number of hydrogen-bond donors (Lipinski definition) is 2. The number of benzene rings is 2. The zero-order chi connectivity index (χ0) is 16.1. The SMILES string of the molecule is Cc1ccccc1OCC(=O)Nc1ccc(Cl)c(C(N)=O)c1. The maximum Gasteiger partial charge on any atom is 0.262 e. The fraction of sp³-hybridized carbons (Fsp3) is 0.125. The molecule has 3 N–H and O–H groups in total. The van der Waals surface area contributed by atoms with Gasteiger partial charge in [0, 0.05) is 5.69 Å². The lowest BCUT2D eigenvalue weighted by atomic mass is 10.2. The summed E-state index contributed by atoms with van der Waals surface area (Å²) in [6.07, 6.45) is 0. The molecule has 0 saturated carbocycles. The van der Waals surface area contributed by atoms with Gasteiger partial charge in [0.2, 0.25) is 5.91 Å². The van der Waals surface area contributed by atoms with Gasteiger partial charge in [0.1, 0.15) is 5.75 Å². The molecule has 2 aromatic carbocycles. The van der Waals surface area contributed by atoms with Crippen molar-refractivity contribution in [2.75, 3.05) is 11.9 Å². The summed E-state index contributed by atoms with van der Waals surface area (Å²) in [4.78, 5) is 23.1. The van der Waals surface area contributed by atoms with Gasteiger partial charge in [-0.15, -0.1) is 0 Å². The highest BCUT2D eigenvalue weighted by Gasteiger charge is 2.10. The molecular formula is C16H15ClN2O3. The summed E-state index contributed by atoms with van der Waals surface area (Å²) in [6, 6.07) is 11.9. The average molecular weight is 319 g/mol. The van der Waals surface area contributed by atoms with E-state index in [0.717, 1.165) is 5.56 Å². The molecule has 0 spiro atoms.